The van der Waals surface area contributed by atoms with E-state index in [9.17, 15) is 9.59 Å². The molecule has 7 heteroatoms. The van der Waals surface area contributed by atoms with E-state index in [2.05, 4.69) is 10.6 Å². The number of carbonyl (C=O) groups is 2. The average molecular weight is 310 g/mol. The second-order valence-electron chi connectivity index (χ2n) is 5.47. The number of amides is 2. The Bertz CT molecular complexity index is 537. The molecule has 0 saturated carbocycles. The summed E-state index contributed by atoms with van der Waals surface area (Å²) in [7, 11) is 3.04. The molecule has 2 N–H and O–H groups in total. The lowest BCUT2D eigenvalue weighted by molar-refractivity contribution is -0.115. The minimum absolute atomic E-state index is 0.191. The van der Waals surface area contributed by atoms with Crippen LogP contribution in [-0.4, -0.2) is 38.4 Å². The molecule has 0 aliphatic heterocycles. The summed E-state index contributed by atoms with van der Waals surface area (Å²) < 4.78 is 15.3. The van der Waals surface area contributed by atoms with Crippen molar-refractivity contribution in [3.05, 3.63) is 18.2 Å². The second kappa shape index (κ2) is 7.53. The molecule has 0 spiro atoms. The molecular formula is C15H22N2O5. The molecule has 0 fully saturated rings. The summed E-state index contributed by atoms with van der Waals surface area (Å²) >= 11 is 0. The summed E-state index contributed by atoms with van der Waals surface area (Å²) in [6, 6.07) is 4.98. The van der Waals surface area contributed by atoms with Gasteiger partial charge in [0.05, 0.1) is 14.2 Å². The van der Waals surface area contributed by atoms with Gasteiger partial charge in [-0.05, 0) is 32.9 Å². The third kappa shape index (κ3) is 5.90. The van der Waals surface area contributed by atoms with Gasteiger partial charge in [0.25, 0.3) is 0 Å². The first kappa shape index (κ1) is 17.6. The first-order valence-electron chi connectivity index (χ1n) is 6.74. The van der Waals surface area contributed by atoms with Gasteiger partial charge in [-0.25, -0.2) is 4.79 Å². The van der Waals surface area contributed by atoms with Crippen LogP contribution in [0.4, 0.5) is 10.5 Å². The topological polar surface area (TPSA) is 85.9 Å². The number of nitrogens with one attached hydrogen (secondary N) is 2. The third-order valence-corrected chi connectivity index (χ3v) is 2.46. The van der Waals surface area contributed by atoms with Crippen molar-refractivity contribution in [2.24, 2.45) is 0 Å². The maximum atomic E-state index is 11.8. The van der Waals surface area contributed by atoms with E-state index in [1.165, 1.54) is 14.2 Å². The highest BCUT2D eigenvalue weighted by Crippen LogP contribution is 2.29. The van der Waals surface area contributed by atoms with Crippen LogP contribution in [0, 0.1) is 0 Å². The zero-order chi connectivity index (χ0) is 16.8. The van der Waals surface area contributed by atoms with E-state index in [-0.39, 0.29) is 12.5 Å². The number of hydrogen-bond donors (Lipinski definition) is 2. The van der Waals surface area contributed by atoms with Crippen LogP contribution in [0.3, 0.4) is 0 Å². The molecule has 0 aliphatic carbocycles. The van der Waals surface area contributed by atoms with Gasteiger partial charge in [-0.15, -0.1) is 0 Å². The molecule has 1 aromatic rings. The highest BCUT2D eigenvalue weighted by atomic mass is 16.6. The van der Waals surface area contributed by atoms with Gasteiger partial charge in [0, 0.05) is 11.8 Å². The molecule has 0 saturated heterocycles. The Kier molecular flexibility index (Phi) is 6.03. The Morgan fingerprint density at radius 3 is 2.27 bits per heavy atom. The predicted octanol–water partition coefficient (Wildman–Crippen LogP) is 2.17. The van der Waals surface area contributed by atoms with Gasteiger partial charge in [0.2, 0.25) is 5.91 Å². The number of benzene rings is 1. The standard InChI is InChI=1S/C15H22N2O5/c1-15(2,3)22-14(19)16-9-13(18)17-10-6-7-11(20-4)12(8-10)21-5/h6-8H,9H2,1-5H3,(H,16,19)(H,17,18). The fraction of sp³-hybridized carbons (Fsp3) is 0.467. The van der Waals surface area contributed by atoms with E-state index in [1.807, 2.05) is 0 Å². The van der Waals surface area contributed by atoms with E-state index in [1.54, 1.807) is 39.0 Å². The lowest BCUT2D eigenvalue weighted by Crippen LogP contribution is -2.37. The summed E-state index contributed by atoms with van der Waals surface area (Å²) in [6.07, 6.45) is -0.644. The SMILES string of the molecule is COc1ccc(NC(=O)CNC(=O)OC(C)(C)C)cc1OC. The minimum atomic E-state index is -0.644. The smallest absolute Gasteiger partial charge is 0.408 e. The molecule has 0 radical (unpaired) electrons. The van der Waals surface area contributed by atoms with Gasteiger partial charge in [-0.2, -0.15) is 0 Å². The van der Waals surface area contributed by atoms with Crippen LogP contribution in [0.1, 0.15) is 20.8 Å². The van der Waals surface area contributed by atoms with Crippen LogP contribution in [0.2, 0.25) is 0 Å². The predicted molar refractivity (Wildman–Crippen MR) is 82.4 cm³/mol. The zero-order valence-electron chi connectivity index (χ0n) is 13.5. The van der Waals surface area contributed by atoms with Crippen molar-refractivity contribution < 1.29 is 23.8 Å². The van der Waals surface area contributed by atoms with E-state index in [0.717, 1.165) is 0 Å². The molecule has 122 valence electrons. The molecule has 0 aliphatic rings. The first-order valence-corrected chi connectivity index (χ1v) is 6.74. The van der Waals surface area contributed by atoms with Crippen LogP contribution in [0.25, 0.3) is 0 Å². The Hall–Kier alpha value is -2.44. The van der Waals surface area contributed by atoms with Crippen molar-refractivity contribution in [3.8, 4) is 11.5 Å². The molecule has 0 aromatic heterocycles. The summed E-state index contributed by atoms with van der Waals surface area (Å²) in [5, 5.41) is 5.02. The lowest BCUT2D eigenvalue weighted by atomic mass is 10.2. The monoisotopic (exact) mass is 310 g/mol. The van der Waals surface area contributed by atoms with Crippen molar-refractivity contribution in [2.75, 3.05) is 26.1 Å². The van der Waals surface area contributed by atoms with Crippen molar-refractivity contribution in [1.29, 1.82) is 0 Å². The number of methoxy groups -OCH3 is 2. The molecule has 0 atom stereocenters. The summed E-state index contributed by atoms with van der Waals surface area (Å²) in [4.78, 5) is 23.2. The van der Waals surface area contributed by atoms with E-state index >= 15 is 0 Å². The minimum Gasteiger partial charge on any atom is -0.493 e. The van der Waals surface area contributed by atoms with Crippen molar-refractivity contribution in [1.82, 2.24) is 5.32 Å². The van der Waals surface area contributed by atoms with Gasteiger partial charge in [-0.1, -0.05) is 0 Å². The molecular weight excluding hydrogens is 288 g/mol. The van der Waals surface area contributed by atoms with Gasteiger partial charge in [-0.3, -0.25) is 4.79 Å². The van der Waals surface area contributed by atoms with E-state index in [0.29, 0.717) is 17.2 Å². The van der Waals surface area contributed by atoms with Crippen molar-refractivity contribution >= 4 is 17.7 Å². The maximum Gasteiger partial charge on any atom is 0.408 e. The van der Waals surface area contributed by atoms with E-state index in [4.69, 9.17) is 14.2 Å². The number of carbonyl (C=O) groups excluding carboxylic acids is 2. The average Bonchev–Trinajstić information content (AvgIpc) is 2.43. The lowest BCUT2D eigenvalue weighted by Gasteiger charge is -2.19. The highest BCUT2D eigenvalue weighted by molar-refractivity contribution is 5.94. The van der Waals surface area contributed by atoms with Crippen LogP contribution >= 0.6 is 0 Å². The first-order chi connectivity index (χ1) is 10.2. The largest absolute Gasteiger partial charge is 0.493 e. The maximum absolute atomic E-state index is 11.8. The van der Waals surface area contributed by atoms with Gasteiger partial charge in [0.15, 0.2) is 11.5 Å². The van der Waals surface area contributed by atoms with Crippen LogP contribution < -0.4 is 20.1 Å². The molecule has 1 rings (SSSR count). The molecule has 0 heterocycles. The van der Waals surface area contributed by atoms with E-state index < -0.39 is 11.7 Å². The van der Waals surface area contributed by atoms with Crippen LogP contribution in [0.5, 0.6) is 11.5 Å². The van der Waals surface area contributed by atoms with Gasteiger partial charge >= 0.3 is 6.09 Å². The molecule has 2 amide bonds. The van der Waals surface area contributed by atoms with Crippen molar-refractivity contribution in [3.63, 3.8) is 0 Å². The van der Waals surface area contributed by atoms with Gasteiger partial charge < -0.3 is 24.8 Å². The van der Waals surface area contributed by atoms with Crippen molar-refractivity contribution in [2.45, 2.75) is 26.4 Å². The fourth-order valence-corrected chi connectivity index (χ4v) is 1.59. The number of rotatable bonds is 5. The fourth-order valence-electron chi connectivity index (χ4n) is 1.59. The Morgan fingerprint density at radius 2 is 1.73 bits per heavy atom. The summed E-state index contributed by atoms with van der Waals surface area (Å²) in [6.45, 7) is 5.05. The molecule has 22 heavy (non-hydrogen) atoms. The second-order valence-corrected chi connectivity index (χ2v) is 5.47. The molecule has 0 bridgehead atoms. The molecule has 0 unspecified atom stereocenters. The molecule has 7 nitrogen and oxygen atoms in total. The Morgan fingerprint density at radius 1 is 1.09 bits per heavy atom. The summed E-state index contributed by atoms with van der Waals surface area (Å²) in [5.74, 6) is 0.686. The highest BCUT2D eigenvalue weighted by Gasteiger charge is 2.16. The number of ether oxygens (including phenoxy) is 3. The Labute approximate surface area is 129 Å². The summed E-state index contributed by atoms with van der Waals surface area (Å²) in [5.41, 5.74) is -0.0715. The Balaban J connectivity index is 2.53. The third-order valence-electron chi connectivity index (χ3n) is 2.46. The quantitative estimate of drug-likeness (QED) is 0.870. The van der Waals surface area contributed by atoms with Gasteiger partial charge in [0.1, 0.15) is 12.1 Å². The van der Waals surface area contributed by atoms with Crippen LogP contribution in [0.15, 0.2) is 18.2 Å². The number of hydrogen-bond acceptors (Lipinski definition) is 5. The number of anilines is 1. The zero-order valence-corrected chi connectivity index (χ0v) is 13.5. The molecule has 1 aromatic carbocycles. The van der Waals surface area contributed by atoms with Crippen LogP contribution in [-0.2, 0) is 9.53 Å². The normalized spacial score (nSPS) is 10.6. The number of alkyl carbamates (subject to hydrolysis) is 1.